The lowest BCUT2D eigenvalue weighted by Gasteiger charge is -2.36. The normalized spacial score (nSPS) is 19.1. The third kappa shape index (κ3) is 2.38. The fourth-order valence-corrected chi connectivity index (χ4v) is 2.30. The first-order valence-electron chi connectivity index (χ1n) is 6.17. The Morgan fingerprint density at radius 2 is 2.12 bits per heavy atom. The number of nitrogens with zero attached hydrogens (tertiary/aromatic N) is 1. The van der Waals surface area contributed by atoms with Crippen LogP contribution in [0.3, 0.4) is 0 Å². The van der Waals surface area contributed by atoms with Crippen molar-refractivity contribution in [2.75, 3.05) is 18.0 Å². The first kappa shape index (κ1) is 11.5. The first-order valence-corrected chi connectivity index (χ1v) is 6.17. The van der Waals surface area contributed by atoms with E-state index in [2.05, 4.69) is 29.2 Å². The van der Waals surface area contributed by atoms with Gasteiger partial charge in [-0.15, -0.1) is 0 Å². The van der Waals surface area contributed by atoms with Crippen LogP contribution in [0.1, 0.15) is 32.3 Å². The van der Waals surface area contributed by atoms with Gasteiger partial charge in [0.25, 0.3) is 0 Å². The van der Waals surface area contributed by atoms with Gasteiger partial charge in [-0.25, -0.2) is 0 Å². The van der Waals surface area contributed by atoms with E-state index in [-0.39, 0.29) is 0 Å². The molecule has 1 aromatic rings. The molecule has 1 heterocycles. The number of aryl methyl sites for hydroxylation is 1. The van der Waals surface area contributed by atoms with Crippen LogP contribution in [0.25, 0.3) is 0 Å². The minimum Gasteiger partial charge on any atom is -0.388 e. The molecule has 1 aliphatic heterocycles. The van der Waals surface area contributed by atoms with Gasteiger partial charge in [0.05, 0.1) is 5.60 Å². The molecule has 0 amide bonds. The number of hydrogen-bond acceptors (Lipinski definition) is 2. The zero-order valence-corrected chi connectivity index (χ0v) is 10.2. The average molecular weight is 219 g/mol. The van der Waals surface area contributed by atoms with Crippen molar-refractivity contribution < 1.29 is 5.11 Å². The summed E-state index contributed by atoms with van der Waals surface area (Å²) in [7, 11) is 0. The summed E-state index contributed by atoms with van der Waals surface area (Å²) in [6.45, 7) is 5.76. The van der Waals surface area contributed by atoms with Crippen LogP contribution in [0.15, 0.2) is 24.3 Å². The molecule has 0 aliphatic carbocycles. The SMILES string of the molecule is CCC(C)(O)CN1CCCc2ccccc21. The second-order valence-electron chi connectivity index (χ2n) is 5.00. The first-order chi connectivity index (χ1) is 7.62. The van der Waals surface area contributed by atoms with Gasteiger partial charge in [-0.1, -0.05) is 25.1 Å². The van der Waals surface area contributed by atoms with Crippen molar-refractivity contribution >= 4 is 5.69 Å². The van der Waals surface area contributed by atoms with Crippen LogP contribution in [0.4, 0.5) is 5.69 Å². The van der Waals surface area contributed by atoms with Crippen LogP contribution in [0.5, 0.6) is 0 Å². The Kier molecular flexibility index (Phi) is 3.20. The number of hydrogen-bond donors (Lipinski definition) is 1. The Labute approximate surface area is 97.9 Å². The minimum absolute atomic E-state index is 0.579. The van der Waals surface area contributed by atoms with Gasteiger partial charge in [0, 0.05) is 18.8 Å². The van der Waals surface area contributed by atoms with Gasteiger partial charge in [0.15, 0.2) is 0 Å². The second kappa shape index (κ2) is 4.46. The molecule has 16 heavy (non-hydrogen) atoms. The summed E-state index contributed by atoms with van der Waals surface area (Å²) >= 11 is 0. The van der Waals surface area contributed by atoms with Crippen LogP contribution < -0.4 is 4.90 Å². The molecule has 1 N–H and O–H groups in total. The second-order valence-corrected chi connectivity index (χ2v) is 5.00. The molecule has 1 aliphatic rings. The Hall–Kier alpha value is -1.02. The predicted octanol–water partition coefficient (Wildman–Crippen LogP) is 2.60. The molecule has 1 aromatic carbocycles. The molecule has 0 spiro atoms. The van der Waals surface area contributed by atoms with E-state index in [1.807, 2.05) is 13.8 Å². The number of aliphatic hydroxyl groups is 1. The van der Waals surface area contributed by atoms with E-state index in [0.717, 1.165) is 19.5 Å². The van der Waals surface area contributed by atoms with E-state index in [4.69, 9.17) is 0 Å². The quantitative estimate of drug-likeness (QED) is 0.844. The number of anilines is 1. The highest BCUT2D eigenvalue weighted by atomic mass is 16.3. The van der Waals surface area contributed by atoms with Gasteiger partial charge in [0.2, 0.25) is 0 Å². The number of rotatable bonds is 3. The molecule has 1 atom stereocenters. The van der Waals surface area contributed by atoms with E-state index in [0.29, 0.717) is 0 Å². The summed E-state index contributed by atoms with van der Waals surface area (Å²) in [6, 6.07) is 8.54. The van der Waals surface area contributed by atoms with Crippen molar-refractivity contribution in [3.63, 3.8) is 0 Å². The zero-order valence-electron chi connectivity index (χ0n) is 10.2. The lowest BCUT2D eigenvalue weighted by molar-refractivity contribution is 0.0626. The van der Waals surface area contributed by atoms with Gasteiger partial charge in [-0.2, -0.15) is 0 Å². The average Bonchev–Trinajstić information content (AvgIpc) is 2.29. The smallest absolute Gasteiger partial charge is 0.0791 e. The Balaban J connectivity index is 2.19. The Morgan fingerprint density at radius 3 is 2.88 bits per heavy atom. The molecule has 0 radical (unpaired) electrons. The molecule has 2 heteroatoms. The van der Waals surface area contributed by atoms with Crippen molar-refractivity contribution in [2.45, 2.75) is 38.7 Å². The molecule has 0 saturated carbocycles. The summed E-state index contributed by atoms with van der Waals surface area (Å²) in [5.74, 6) is 0. The summed E-state index contributed by atoms with van der Waals surface area (Å²) in [5.41, 5.74) is 2.15. The lowest BCUT2D eigenvalue weighted by Crippen LogP contribution is -2.42. The Morgan fingerprint density at radius 1 is 1.38 bits per heavy atom. The zero-order chi connectivity index (χ0) is 11.6. The van der Waals surface area contributed by atoms with E-state index in [1.54, 1.807) is 0 Å². The van der Waals surface area contributed by atoms with E-state index >= 15 is 0 Å². The Bertz CT molecular complexity index is 360. The number of β-amino-alcohol motifs (C(OH)–C–C–N with tert-alkyl or cyclic N) is 1. The number of para-hydroxylation sites is 1. The van der Waals surface area contributed by atoms with Crippen molar-refractivity contribution in [1.82, 2.24) is 0 Å². The molecule has 88 valence electrons. The van der Waals surface area contributed by atoms with Crippen molar-refractivity contribution in [1.29, 1.82) is 0 Å². The number of benzene rings is 1. The fraction of sp³-hybridized carbons (Fsp3) is 0.571. The fourth-order valence-electron chi connectivity index (χ4n) is 2.30. The van der Waals surface area contributed by atoms with Crippen LogP contribution in [0.2, 0.25) is 0 Å². The van der Waals surface area contributed by atoms with Crippen LogP contribution >= 0.6 is 0 Å². The van der Waals surface area contributed by atoms with Gasteiger partial charge in [0.1, 0.15) is 0 Å². The molecule has 2 rings (SSSR count). The third-order valence-corrected chi connectivity index (χ3v) is 3.50. The molecule has 0 saturated heterocycles. The highest BCUT2D eigenvalue weighted by Crippen LogP contribution is 2.28. The van der Waals surface area contributed by atoms with E-state index in [9.17, 15) is 5.11 Å². The standard InChI is InChI=1S/C14H21NO/c1-3-14(2,16)11-15-10-6-8-12-7-4-5-9-13(12)15/h4-5,7,9,16H,3,6,8,10-11H2,1-2H3. The molecule has 1 unspecified atom stereocenters. The molecular weight excluding hydrogens is 198 g/mol. The summed E-state index contributed by atoms with van der Waals surface area (Å²) < 4.78 is 0. The summed E-state index contributed by atoms with van der Waals surface area (Å²) in [5, 5.41) is 10.2. The van der Waals surface area contributed by atoms with Gasteiger partial charge in [-0.3, -0.25) is 0 Å². The molecule has 2 nitrogen and oxygen atoms in total. The number of fused-ring (bicyclic) bond motifs is 1. The molecule has 0 bridgehead atoms. The van der Waals surface area contributed by atoms with Crippen LogP contribution in [0, 0.1) is 0 Å². The summed E-state index contributed by atoms with van der Waals surface area (Å²) in [6.07, 6.45) is 3.16. The van der Waals surface area contributed by atoms with Crippen molar-refractivity contribution in [3.05, 3.63) is 29.8 Å². The third-order valence-electron chi connectivity index (χ3n) is 3.50. The largest absolute Gasteiger partial charge is 0.388 e. The maximum atomic E-state index is 10.2. The van der Waals surface area contributed by atoms with Gasteiger partial charge in [-0.05, 0) is 37.8 Å². The molecule has 0 fully saturated rings. The minimum atomic E-state index is -0.579. The topological polar surface area (TPSA) is 23.5 Å². The monoisotopic (exact) mass is 219 g/mol. The van der Waals surface area contributed by atoms with Crippen molar-refractivity contribution in [3.8, 4) is 0 Å². The highest BCUT2D eigenvalue weighted by molar-refractivity contribution is 5.55. The predicted molar refractivity (Wildman–Crippen MR) is 67.9 cm³/mol. The van der Waals surface area contributed by atoms with Crippen LogP contribution in [-0.4, -0.2) is 23.8 Å². The maximum Gasteiger partial charge on any atom is 0.0791 e. The van der Waals surface area contributed by atoms with Gasteiger partial charge < -0.3 is 10.0 Å². The molecule has 0 aromatic heterocycles. The summed E-state index contributed by atoms with van der Waals surface area (Å²) in [4.78, 5) is 2.32. The highest BCUT2D eigenvalue weighted by Gasteiger charge is 2.24. The molecular formula is C14H21NO. The van der Waals surface area contributed by atoms with Crippen molar-refractivity contribution in [2.24, 2.45) is 0 Å². The van der Waals surface area contributed by atoms with E-state index < -0.39 is 5.60 Å². The van der Waals surface area contributed by atoms with Gasteiger partial charge >= 0.3 is 0 Å². The van der Waals surface area contributed by atoms with E-state index in [1.165, 1.54) is 24.1 Å². The maximum absolute atomic E-state index is 10.2. The van der Waals surface area contributed by atoms with Crippen LogP contribution in [-0.2, 0) is 6.42 Å². The lowest BCUT2D eigenvalue weighted by atomic mass is 9.97.